The Morgan fingerprint density at radius 2 is 1.85 bits per heavy atom. The quantitative estimate of drug-likeness (QED) is 0.769. The van der Waals surface area contributed by atoms with E-state index in [0.717, 1.165) is 22.9 Å². The van der Waals surface area contributed by atoms with Crippen molar-refractivity contribution < 1.29 is 22.8 Å². The number of carbonyl (C=O) groups is 2. The van der Waals surface area contributed by atoms with Crippen LogP contribution in [0.2, 0.25) is 0 Å². The maximum absolute atomic E-state index is 12.0. The number of carbonyl (C=O) groups excluding carboxylic acids is 2. The van der Waals surface area contributed by atoms with E-state index in [9.17, 15) is 22.8 Å². The van der Waals surface area contributed by atoms with Gasteiger partial charge in [-0.3, -0.25) is 10.1 Å². The SMILES string of the molecule is Cc1ccc(-c2nnc(SCC(=O)NC(=O)NCC(F)(F)F)n2C)cc1. The maximum atomic E-state index is 12.0. The largest absolute Gasteiger partial charge is 0.405 e. The lowest BCUT2D eigenvalue weighted by atomic mass is 10.1. The predicted octanol–water partition coefficient (Wildman–Crippen LogP) is 2.27. The Labute approximate surface area is 151 Å². The van der Waals surface area contributed by atoms with Crippen LogP contribution >= 0.6 is 11.8 Å². The van der Waals surface area contributed by atoms with Crippen LogP contribution in [0.1, 0.15) is 5.56 Å². The molecule has 3 amide bonds. The minimum absolute atomic E-state index is 0.195. The molecule has 1 aromatic carbocycles. The summed E-state index contributed by atoms with van der Waals surface area (Å²) >= 11 is 1.01. The smallest absolute Gasteiger partial charge is 0.329 e. The molecular formula is C15H16F3N5O2S. The highest BCUT2D eigenvalue weighted by Gasteiger charge is 2.28. The Balaban J connectivity index is 1.89. The van der Waals surface area contributed by atoms with Crippen molar-refractivity contribution in [2.24, 2.45) is 7.05 Å². The zero-order chi connectivity index (χ0) is 19.3. The first-order chi connectivity index (χ1) is 12.2. The molecule has 0 spiro atoms. The Morgan fingerprint density at radius 1 is 1.19 bits per heavy atom. The number of imide groups is 1. The Bertz CT molecular complexity index is 790. The molecule has 0 atom stereocenters. The second-order valence-electron chi connectivity index (χ2n) is 5.37. The number of halogens is 3. The number of aromatic nitrogens is 3. The molecule has 2 N–H and O–H groups in total. The highest BCUT2D eigenvalue weighted by Crippen LogP contribution is 2.22. The van der Waals surface area contributed by atoms with Gasteiger partial charge in [-0.1, -0.05) is 41.6 Å². The van der Waals surface area contributed by atoms with Crippen LogP contribution in [0.25, 0.3) is 11.4 Å². The predicted molar refractivity (Wildman–Crippen MR) is 89.5 cm³/mol. The third-order valence-electron chi connectivity index (χ3n) is 3.18. The van der Waals surface area contributed by atoms with Gasteiger partial charge in [0.15, 0.2) is 11.0 Å². The number of thioether (sulfide) groups is 1. The zero-order valence-corrected chi connectivity index (χ0v) is 14.7. The van der Waals surface area contributed by atoms with E-state index in [4.69, 9.17) is 0 Å². The summed E-state index contributed by atoms with van der Waals surface area (Å²) in [6.07, 6.45) is -4.54. The summed E-state index contributed by atoms with van der Waals surface area (Å²) in [7, 11) is 1.73. The van der Waals surface area contributed by atoms with Gasteiger partial charge in [-0.25, -0.2) is 4.79 Å². The zero-order valence-electron chi connectivity index (χ0n) is 13.9. The first kappa shape index (κ1) is 19.8. The van der Waals surface area contributed by atoms with Crippen LogP contribution < -0.4 is 10.6 Å². The van der Waals surface area contributed by atoms with Crippen molar-refractivity contribution in [3.63, 3.8) is 0 Å². The first-order valence-corrected chi connectivity index (χ1v) is 8.38. The number of rotatable bonds is 5. The average Bonchev–Trinajstić information content (AvgIpc) is 2.92. The molecule has 0 aliphatic carbocycles. The average molecular weight is 387 g/mol. The van der Waals surface area contributed by atoms with Gasteiger partial charge in [0, 0.05) is 12.6 Å². The number of urea groups is 1. The van der Waals surface area contributed by atoms with Gasteiger partial charge in [-0.15, -0.1) is 10.2 Å². The number of nitrogens with zero attached hydrogens (tertiary/aromatic N) is 3. The van der Waals surface area contributed by atoms with E-state index in [1.165, 1.54) is 0 Å². The number of benzene rings is 1. The van der Waals surface area contributed by atoms with Crippen LogP contribution in [0.5, 0.6) is 0 Å². The lowest BCUT2D eigenvalue weighted by molar-refractivity contribution is -0.124. The summed E-state index contributed by atoms with van der Waals surface area (Å²) in [5.41, 5.74) is 1.96. The molecule has 2 aromatic rings. The topological polar surface area (TPSA) is 88.9 Å². The third-order valence-corrected chi connectivity index (χ3v) is 4.20. The summed E-state index contributed by atoms with van der Waals surface area (Å²) < 4.78 is 37.6. The maximum Gasteiger partial charge on any atom is 0.405 e. The van der Waals surface area contributed by atoms with Crippen molar-refractivity contribution in [1.82, 2.24) is 25.4 Å². The van der Waals surface area contributed by atoms with Crippen LogP contribution in [0.3, 0.4) is 0 Å². The van der Waals surface area contributed by atoms with E-state index < -0.39 is 24.7 Å². The standard InChI is InChI=1S/C15H16F3N5O2S/c1-9-3-5-10(6-4-9)12-21-22-14(23(12)2)26-7-11(24)20-13(25)19-8-15(16,17)18/h3-6H,7-8H2,1-2H3,(H2,19,20,24,25). The molecular weight excluding hydrogens is 371 g/mol. The number of amides is 3. The molecule has 0 aliphatic heterocycles. The lowest BCUT2D eigenvalue weighted by Gasteiger charge is -2.09. The molecule has 2 rings (SSSR count). The fourth-order valence-electron chi connectivity index (χ4n) is 1.91. The van der Waals surface area contributed by atoms with E-state index in [1.807, 2.05) is 36.5 Å². The number of aryl methyl sites for hydroxylation is 1. The lowest BCUT2D eigenvalue weighted by Crippen LogP contribution is -2.43. The first-order valence-electron chi connectivity index (χ1n) is 7.39. The highest BCUT2D eigenvalue weighted by atomic mass is 32.2. The molecule has 0 radical (unpaired) electrons. The second-order valence-corrected chi connectivity index (χ2v) is 6.31. The van der Waals surface area contributed by atoms with E-state index >= 15 is 0 Å². The van der Waals surface area contributed by atoms with Crippen molar-refractivity contribution in [3.05, 3.63) is 29.8 Å². The van der Waals surface area contributed by atoms with E-state index in [-0.39, 0.29) is 5.75 Å². The van der Waals surface area contributed by atoms with Crippen molar-refractivity contribution in [2.75, 3.05) is 12.3 Å². The number of nitrogens with one attached hydrogen (secondary N) is 2. The van der Waals surface area contributed by atoms with Crippen LogP contribution in [0, 0.1) is 6.92 Å². The van der Waals surface area contributed by atoms with Gasteiger partial charge in [0.2, 0.25) is 5.91 Å². The summed E-state index contributed by atoms with van der Waals surface area (Å²) in [4.78, 5) is 22.9. The van der Waals surface area contributed by atoms with Gasteiger partial charge in [0.25, 0.3) is 0 Å². The molecule has 7 nitrogen and oxygen atoms in total. The third kappa shape index (κ3) is 5.76. The Morgan fingerprint density at radius 3 is 2.46 bits per heavy atom. The molecule has 1 heterocycles. The Hall–Kier alpha value is -2.56. The normalized spacial score (nSPS) is 11.3. The van der Waals surface area contributed by atoms with Gasteiger partial charge in [0.05, 0.1) is 5.75 Å². The van der Waals surface area contributed by atoms with Crippen LogP contribution in [0.4, 0.5) is 18.0 Å². The second kappa shape index (κ2) is 8.21. The van der Waals surface area contributed by atoms with Crippen LogP contribution in [-0.4, -0.2) is 45.2 Å². The summed E-state index contributed by atoms with van der Waals surface area (Å²) in [5, 5.41) is 11.9. The fraction of sp³-hybridized carbons (Fsp3) is 0.333. The Kier molecular flexibility index (Phi) is 6.24. The summed E-state index contributed by atoms with van der Waals surface area (Å²) in [5.74, 6) is -0.329. The molecule has 26 heavy (non-hydrogen) atoms. The molecule has 0 saturated heterocycles. The fourth-order valence-corrected chi connectivity index (χ4v) is 2.62. The van der Waals surface area contributed by atoms with Gasteiger partial charge < -0.3 is 9.88 Å². The van der Waals surface area contributed by atoms with Gasteiger partial charge in [0.1, 0.15) is 6.54 Å². The van der Waals surface area contributed by atoms with Crippen molar-refractivity contribution in [3.8, 4) is 11.4 Å². The minimum atomic E-state index is -4.54. The van der Waals surface area contributed by atoms with Crippen LogP contribution in [-0.2, 0) is 11.8 Å². The monoisotopic (exact) mass is 387 g/mol. The number of hydrogen-bond acceptors (Lipinski definition) is 5. The summed E-state index contributed by atoms with van der Waals surface area (Å²) in [6, 6.07) is 6.45. The van der Waals surface area contributed by atoms with Gasteiger partial charge >= 0.3 is 12.2 Å². The van der Waals surface area contributed by atoms with Crippen LogP contribution in [0.15, 0.2) is 29.4 Å². The highest BCUT2D eigenvalue weighted by molar-refractivity contribution is 7.99. The van der Waals surface area contributed by atoms with Crippen molar-refractivity contribution in [1.29, 1.82) is 0 Å². The van der Waals surface area contributed by atoms with E-state index in [1.54, 1.807) is 16.9 Å². The molecule has 11 heteroatoms. The molecule has 0 bridgehead atoms. The van der Waals surface area contributed by atoms with E-state index in [2.05, 4.69) is 10.2 Å². The minimum Gasteiger partial charge on any atom is -0.329 e. The molecule has 0 aliphatic rings. The molecule has 140 valence electrons. The van der Waals surface area contributed by atoms with Crippen molar-refractivity contribution in [2.45, 2.75) is 18.3 Å². The molecule has 0 unspecified atom stereocenters. The molecule has 0 saturated carbocycles. The van der Waals surface area contributed by atoms with Gasteiger partial charge in [-0.2, -0.15) is 13.2 Å². The number of alkyl halides is 3. The van der Waals surface area contributed by atoms with Gasteiger partial charge in [-0.05, 0) is 6.92 Å². The van der Waals surface area contributed by atoms with Crippen molar-refractivity contribution >= 4 is 23.7 Å². The number of hydrogen-bond donors (Lipinski definition) is 2. The molecule has 0 fully saturated rings. The summed E-state index contributed by atoms with van der Waals surface area (Å²) in [6.45, 7) is 0.452. The molecule has 1 aromatic heterocycles. The van der Waals surface area contributed by atoms with E-state index in [0.29, 0.717) is 11.0 Å².